The van der Waals surface area contributed by atoms with E-state index in [1.807, 2.05) is 0 Å². The summed E-state index contributed by atoms with van der Waals surface area (Å²) >= 11 is 3.40. The van der Waals surface area contributed by atoms with Crippen molar-refractivity contribution in [2.45, 2.75) is 26.2 Å². The van der Waals surface area contributed by atoms with Crippen LogP contribution in [0.3, 0.4) is 0 Å². The molecule has 0 radical (unpaired) electrons. The van der Waals surface area contributed by atoms with Crippen LogP contribution in [0.5, 0.6) is 11.5 Å². The number of esters is 2. The summed E-state index contributed by atoms with van der Waals surface area (Å²) in [4.78, 5) is 24.3. The Hall–Kier alpha value is -2.87. The van der Waals surface area contributed by atoms with Gasteiger partial charge in [-0.1, -0.05) is 12.1 Å². The first-order chi connectivity index (χ1) is 13.7. The summed E-state index contributed by atoms with van der Waals surface area (Å²) in [7, 11) is 1.46. The van der Waals surface area contributed by atoms with Crippen LogP contribution in [-0.2, 0) is 25.7 Å². The molecule has 0 aliphatic carbocycles. The maximum absolute atomic E-state index is 13.3. The number of cyclic esters (lactones) is 2. The lowest BCUT2D eigenvalue weighted by atomic mass is 10.1. The molecule has 152 valence electrons. The molecular weight excluding hydrogens is 447 g/mol. The molecule has 0 N–H and O–H groups in total. The van der Waals surface area contributed by atoms with Gasteiger partial charge in [-0.15, -0.1) is 0 Å². The highest BCUT2D eigenvalue weighted by molar-refractivity contribution is 9.10. The van der Waals surface area contributed by atoms with Gasteiger partial charge in [0.2, 0.25) is 0 Å². The van der Waals surface area contributed by atoms with E-state index < -0.39 is 17.7 Å². The van der Waals surface area contributed by atoms with Gasteiger partial charge in [0, 0.05) is 13.8 Å². The van der Waals surface area contributed by atoms with Crippen LogP contribution in [0.25, 0.3) is 6.08 Å². The van der Waals surface area contributed by atoms with Gasteiger partial charge in [0.15, 0.2) is 11.5 Å². The van der Waals surface area contributed by atoms with E-state index in [-0.39, 0.29) is 18.0 Å². The second-order valence-electron chi connectivity index (χ2n) is 6.69. The van der Waals surface area contributed by atoms with Crippen molar-refractivity contribution in [3.63, 3.8) is 0 Å². The SMILES string of the molecule is COc1cc(C=C2C(=O)OC(C)(C)OC2=O)cc(Br)c1OCc1cccc(F)c1. The molecule has 1 aliphatic rings. The molecule has 0 bridgehead atoms. The molecule has 0 spiro atoms. The Morgan fingerprint density at radius 3 is 2.45 bits per heavy atom. The highest BCUT2D eigenvalue weighted by Crippen LogP contribution is 2.38. The standard InChI is InChI=1S/C21H18BrFO6/c1-21(2)28-19(24)15(20(25)29-21)8-13-9-16(22)18(17(10-13)26-3)27-11-12-5-4-6-14(23)7-12/h4-10H,11H2,1-3H3. The zero-order chi connectivity index (χ0) is 21.2. The van der Waals surface area contributed by atoms with Gasteiger partial charge in [-0.05, 0) is 57.4 Å². The van der Waals surface area contributed by atoms with Crippen molar-refractivity contribution in [3.05, 3.63) is 63.4 Å². The van der Waals surface area contributed by atoms with E-state index in [1.54, 1.807) is 24.3 Å². The molecule has 3 rings (SSSR count). The Balaban J connectivity index is 1.86. The Bertz CT molecular complexity index is 977. The largest absolute Gasteiger partial charge is 0.493 e. The van der Waals surface area contributed by atoms with Crippen LogP contribution in [0.2, 0.25) is 0 Å². The maximum atomic E-state index is 13.3. The Kier molecular flexibility index (Phi) is 5.93. The third kappa shape index (κ3) is 4.95. The summed E-state index contributed by atoms with van der Waals surface area (Å²) in [6, 6.07) is 9.31. The lowest BCUT2D eigenvalue weighted by molar-refractivity contribution is -0.222. The Morgan fingerprint density at radius 2 is 1.83 bits per heavy atom. The van der Waals surface area contributed by atoms with Crippen molar-refractivity contribution in [1.29, 1.82) is 0 Å². The number of halogens is 2. The Labute approximate surface area is 175 Å². The van der Waals surface area contributed by atoms with E-state index in [9.17, 15) is 14.0 Å². The van der Waals surface area contributed by atoms with E-state index in [4.69, 9.17) is 18.9 Å². The van der Waals surface area contributed by atoms with Gasteiger partial charge in [-0.2, -0.15) is 0 Å². The average molecular weight is 465 g/mol. The topological polar surface area (TPSA) is 71.1 Å². The van der Waals surface area contributed by atoms with Crippen molar-refractivity contribution in [2.24, 2.45) is 0 Å². The summed E-state index contributed by atoms with van der Waals surface area (Å²) in [6.07, 6.45) is 1.35. The van der Waals surface area contributed by atoms with Crippen LogP contribution in [0.1, 0.15) is 25.0 Å². The minimum absolute atomic E-state index is 0.126. The first-order valence-electron chi connectivity index (χ1n) is 8.61. The van der Waals surface area contributed by atoms with E-state index in [2.05, 4.69) is 15.9 Å². The molecule has 0 amide bonds. The monoisotopic (exact) mass is 464 g/mol. The zero-order valence-corrected chi connectivity index (χ0v) is 17.5. The van der Waals surface area contributed by atoms with Gasteiger partial charge in [0.25, 0.3) is 5.79 Å². The van der Waals surface area contributed by atoms with Crippen LogP contribution in [0.4, 0.5) is 4.39 Å². The minimum atomic E-state index is -1.31. The summed E-state index contributed by atoms with van der Waals surface area (Å²) in [6.45, 7) is 3.08. The molecule has 1 aliphatic heterocycles. The normalized spacial score (nSPS) is 15.4. The van der Waals surface area contributed by atoms with Crippen molar-refractivity contribution >= 4 is 33.9 Å². The van der Waals surface area contributed by atoms with Crippen LogP contribution >= 0.6 is 15.9 Å². The third-order valence-electron chi connectivity index (χ3n) is 3.95. The smallest absolute Gasteiger partial charge is 0.348 e. The molecule has 1 saturated heterocycles. The molecule has 0 unspecified atom stereocenters. The van der Waals surface area contributed by atoms with Gasteiger partial charge in [0.05, 0.1) is 11.6 Å². The third-order valence-corrected chi connectivity index (χ3v) is 4.54. The van der Waals surface area contributed by atoms with E-state index in [1.165, 1.54) is 39.2 Å². The molecule has 8 heteroatoms. The number of ether oxygens (including phenoxy) is 4. The minimum Gasteiger partial charge on any atom is -0.493 e. The molecule has 1 heterocycles. The van der Waals surface area contributed by atoms with Crippen molar-refractivity contribution in [2.75, 3.05) is 7.11 Å². The van der Waals surface area contributed by atoms with Crippen LogP contribution < -0.4 is 9.47 Å². The molecule has 1 fully saturated rings. The fourth-order valence-electron chi connectivity index (χ4n) is 2.69. The second kappa shape index (κ2) is 8.24. The number of benzene rings is 2. The lowest BCUT2D eigenvalue weighted by Gasteiger charge is -2.29. The Morgan fingerprint density at radius 1 is 1.14 bits per heavy atom. The van der Waals surface area contributed by atoms with Crippen LogP contribution in [-0.4, -0.2) is 24.8 Å². The van der Waals surface area contributed by atoms with E-state index in [0.29, 0.717) is 27.1 Å². The number of methoxy groups -OCH3 is 1. The lowest BCUT2D eigenvalue weighted by Crippen LogP contribution is -2.41. The highest BCUT2D eigenvalue weighted by atomic mass is 79.9. The van der Waals surface area contributed by atoms with Gasteiger partial charge < -0.3 is 18.9 Å². The molecule has 0 saturated carbocycles. The summed E-state index contributed by atoms with van der Waals surface area (Å²) in [5, 5.41) is 0. The fraction of sp³-hybridized carbons (Fsp3) is 0.238. The van der Waals surface area contributed by atoms with E-state index in [0.717, 1.165) is 0 Å². The molecule has 0 atom stereocenters. The molecule has 0 aromatic heterocycles. The number of carbonyl (C=O) groups excluding carboxylic acids is 2. The van der Waals surface area contributed by atoms with Gasteiger partial charge in [0.1, 0.15) is 18.0 Å². The predicted molar refractivity (Wildman–Crippen MR) is 106 cm³/mol. The second-order valence-corrected chi connectivity index (χ2v) is 7.54. The zero-order valence-electron chi connectivity index (χ0n) is 16.0. The number of carbonyl (C=O) groups is 2. The number of hydrogen-bond acceptors (Lipinski definition) is 6. The summed E-state index contributed by atoms with van der Waals surface area (Å²) in [5.74, 6) is -2.44. The van der Waals surface area contributed by atoms with Crippen LogP contribution in [0.15, 0.2) is 46.4 Å². The van der Waals surface area contributed by atoms with Crippen molar-refractivity contribution < 1.29 is 32.9 Å². The van der Waals surface area contributed by atoms with E-state index >= 15 is 0 Å². The maximum Gasteiger partial charge on any atom is 0.348 e. The van der Waals surface area contributed by atoms with Crippen molar-refractivity contribution in [3.8, 4) is 11.5 Å². The first-order valence-corrected chi connectivity index (χ1v) is 9.41. The van der Waals surface area contributed by atoms with Gasteiger partial charge >= 0.3 is 11.9 Å². The molecule has 2 aromatic rings. The molecule has 29 heavy (non-hydrogen) atoms. The molecular formula is C21H18BrFO6. The quantitative estimate of drug-likeness (QED) is 0.371. The summed E-state index contributed by atoms with van der Waals surface area (Å²) < 4.78 is 35.2. The number of hydrogen-bond donors (Lipinski definition) is 0. The van der Waals surface area contributed by atoms with Crippen LogP contribution in [0, 0.1) is 5.82 Å². The predicted octanol–water partition coefficient (Wildman–Crippen LogP) is 4.40. The fourth-order valence-corrected chi connectivity index (χ4v) is 3.26. The van der Waals surface area contributed by atoms with Crippen molar-refractivity contribution in [1.82, 2.24) is 0 Å². The molecule has 6 nitrogen and oxygen atoms in total. The average Bonchev–Trinajstić information content (AvgIpc) is 2.62. The highest BCUT2D eigenvalue weighted by Gasteiger charge is 2.38. The molecule has 2 aromatic carbocycles. The first kappa shape index (κ1) is 20.9. The summed E-state index contributed by atoms with van der Waals surface area (Å²) in [5.41, 5.74) is 0.919. The number of rotatable bonds is 5. The van der Waals surface area contributed by atoms with Gasteiger partial charge in [-0.25, -0.2) is 14.0 Å². The van der Waals surface area contributed by atoms with Gasteiger partial charge in [-0.3, -0.25) is 0 Å².